The average Bonchev–Trinajstić information content (AvgIpc) is 3.08. The third-order valence-electron chi connectivity index (χ3n) is 8.15. The fourth-order valence-corrected chi connectivity index (χ4v) is 7.56. The Hall–Kier alpha value is -3.10. The first kappa shape index (κ1) is 19.6. The first-order chi connectivity index (χ1) is 15.2. The standard InChI is InChI=1S/C23H23NO8/c1-4-29-20(28)24-10-16-21(24)9-13-5-6-15(30-11(2)25)18-17(13)23(16)19(31-18)14(27)7-8-22(21,23)32-12(3)26/h5-6,16,19H,4,7-10H2,1-3H3/t16?,19-,21+,22+,23-/m0/s1. The molecule has 0 radical (unpaired) electrons. The van der Waals surface area contributed by atoms with Crippen molar-refractivity contribution in [2.75, 3.05) is 13.2 Å². The van der Waals surface area contributed by atoms with Crippen LogP contribution in [0.1, 0.15) is 44.7 Å². The lowest BCUT2D eigenvalue weighted by Crippen LogP contribution is -3.01. The van der Waals surface area contributed by atoms with Crippen molar-refractivity contribution in [3.63, 3.8) is 0 Å². The Balaban J connectivity index is 1.60. The normalized spacial score (nSPS) is 36.6. The third kappa shape index (κ3) is 1.77. The van der Waals surface area contributed by atoms with Crippen molar-refractivity contribution >= 4 is 23.8 Å². The third-order valence-corrected chi connectivity index (χ3v) is 8.15. The van der Waals surface area contributed by atoms with Crippen LogP contribution in [0.4, 0.5) is 4.79 Å². The number of esters is 2. The van der Waals surface area contributed by atoms with Gasteiger partial charge in [0.25, 0.3) is 0 Å². The number of carbonyl (C=O) groups excluding carboxylic acids is 4. The number of amides is 1. The minimum atomic E-state index is -1.10. The highest BCUT2D eigenvalue weighted by molar-refractivity contribution is 5.93. The summed E-state index contributed by atoms with van der Waals surface area (Å²) in [4.78, 5) is 51.7. The maximum absolute atomic E-state index is 13.1. The van der Waals surface area contributed by atoms with Crippen LogP contribution >= 0.6 is 0 Å². The van der Waals surface area contributed by atoms with E-state index in [1.807, 2.05) is 6.07 Å². The van der Waals surface area contributed by atoms with Gasteiger partial charge in [0, 0.05) is 44.7 Å². The van der Waals surface area contributed by atoms with E-state index >= 15 is 0 Å². The highest BCUT2D eigenvalue weighted by Gasteiger charge is 2.96. The molecular formula is C23H23NO8. The van der Waals surface area contributed by atoms with Crippen LogP contribution in [0.25, 0.3) is 0 Å². The van der Waals surface area contributed by atoms with Gasteiger partial charge in [0.15, 0.2) is 29.0 Å². The Morgan fingerprint density at radius 1 is 1.22 bits per heavy atom. The van der Waals surface area contributed by atoms with Crippen molar-refractivity contribution < 1.29 is 38.1 Å². The number of rotatable bonds is 3. The fourth-order valence-electron chi connectivity index (χ4n) is 7.56. The van der Waals surface area contributed by atoms with E-state index in [2.05, 4.69) is 0 Å². The maximum atomic E-state index is 13.1. The number of ether oxygens (including phenoxy) is 4. The Morgan fingerprint density at radius 3 is 2.69 bits per heavy atom. The predicted octanol–water partition coefficient (Wildman–Crippen LogP) is 1.67. The van der Waals surface area contributed by atoms with Gasteiger partial charge in [-0.1, -0.05) is 6.07 Å². The van der Waals surface area contributed by atoms with Crippen LogP contribution in [0, 0.1) is 5.92 Å². The molecule has 32 heavy (non-hydrogen) atoms. The number of hydrogen-bond acceptors (Lipinski definition) is 8. The molecule has 3 fully saturated rings. The minimum absolute atomic E-state index is 0.0752. The van der Waals surface area contributed by atoms with E-state index in [1.165, 1.54) is 13.8 Å². The van der Waals surface area contributed by atoms with E-state index in [0.29, 0.717) is 25.1 Å². The van der Waals surface area contributed by atoms with E-state index in [1.54, 1.807) is 17.9 Å². The summed E-state index contributed by atoms with van der Waals surface area (Å²) in [6.07, 6.45) is -0.398. The van der Waals surface area contributed by atoms with Crippen molar-refractivity contribution in [3.8, 4) is 11.5 Å². The zero-order valence-corrected chi connectivity index (χ0v) is 18.1. The first-order valence-electron chi connectivity index (χ1n) is 10.9. The molecule has 5 atom stereocenters. The van der Waals surface area contributed by atoms with Crippen molar-refractivity contribution in [3.05, 3.63) is 23.3 Å². The van der Waals surface area contributed by atoms with Gasteiger partial charge in [0.1, 0.15) is 0 Å². The molecule has 2 heterocycles. The van der Waals surface area contributed by atoms with Gasteiger partial charge in [-0.2, -0.15) is 0 Å². The summed E-state index contributed by atoms with van der Waals surface area (Å²) >= 11 is 0. The van der Waals surface area contributed by atoms with E-state index in [-0.39, 0.29) is 30.5 Å². The molecule has 1 aromatic rings. The first-order valence-corrected chi connectivity index (χ1v) is 10.9. The number of likely N-dealkylation sites (tertiary alicyclic amines) is 1. The Bertz CT molecular complexity index is 1130. The molecule has 9 nitrogen and oxygen atoms in total. The van der Waals surface area contributed by atoms with Crippen LogP contribution in [0.3, 0.4) is 0 Å². The van der Waals surface area contributed by atoms with E-state index in [4.69, 9.17) is 18.9 Å². The zero-order valence-electron chi connectivity index (χ0n) is 18.1. The second-order valence-corrected chi connectivity index (χ2v) is 9.24. The van der Waals surface area contributed by atoms with Gasteiger partial charge in [-0.15, -0.1) is 0 Å². The summed E-state index contributed by atoms with van der Waals surface area (Å²) in [6.45, 7) is 5.01. The highest BCUT2D eigenvalue weighted by Crippen LogP contribution is 2.82. The lowest BCUT2D eigenvalue weighted by Gasteiger charge is -2.84. The molecule has 1 spiro atoms. The second-order valence-electron chi connectivity index (χ2n) is 9.24. The van der Waals surface area contributed by atoms with Crippen molar-refractivity contribution in [2.24, 2.45) is 5.92 Å². The van der Waals surface area contributed by atoms with Crippen LogP contribution in [0.15, 0.2) is 12.1 Å². The molecule has 1 aromatic carbocycles. The van der Waals surface area contributed by atoms with Crippen molar-refractivity contribution in [1.29, 1.82) is 0 Å². The number of hydrogen-bond donors (Lipinski definition) is 0. The molecule has 0 aromatic heterocycles. The van der Waals surface area contributed by atoms with Gasteiger partial charge < -0.3 is 18.9 Å². The molecule has 1 saturated heterocycles. The second kappa shape index (κ2) is 5.82. The molecule has 5 aliphatic rings. The number of carbonyl (C=O) groups is 4. The van der Waals surface area contributed by atoms with Gasteiger partial charge in [0.05, 0.1) is 17.6 Å². The molecule has 2 bridgehead atoms. The van der Waals surface area contributed by atoms with Gasteiger partial charge in [-0.25, -0.2) is 4.79 Å². The Morgan fingerprint density at radius 2 is 2.00 bits per heavy atom. The minimum Gasteiger partial charge on any atom is -0.477 e. The molecular weight excluding hydrogens is 418 g/mol. The molecule has 2 aliphatic heterocycles. The SMILES string of the molecule is CCOC(=O)N1CC2[C@@]13Cc1ccc(OC(C)=O)c4c1[C@]21[C@@H](O4)C(=O)CC[C@@]31OC(C)=O. The van der Waals surface area contributed by atoms with Crippen LogP contribution in [0.2, 0.25) is 0 Å². The average molecular weight is 441 g/mol. The summed E-state index contributed by atoms with van der Waals surface area (Å²) in [6, 6.07) is 3.51. The highest BCUT2D eigenvalue weighted by atomic mass is 16.6. The van der Waals surface area contributed by atoms with Gasteiger partial charge in [-0.3, -0.25) is 19.3 Å². The molecule has 168 valence electrons. The van der Waals surface area contributed by atoms with Crippen LogP contribution < -0.4 is 9.47 Å². The summed E-state index contributed by atoms with van der Waals surface area (Å²) in [7, 11) is 0. The van der Waals surface area contributed by atoms with Gasteiger partial charge >= 0.3 is 18.0 Å². The van der Waals surface area contributed by atoms with Crippen LogP contribution in [-0.4, -0.2) is 59.1 Å². The molecule has 9 heteroatoms. The van der Waals surface area contributed by atoms with Crippen molar-refractivity contribution in [1.82, 2.24) is 4.90 Å². The Kier molecular flexibility index (Phi) is 3.56. The number of ketones is 1. The number of benzene rings is 1. The van der Waals surface area contributed by atoms with Crippen LogP contribution in [-0.2, 0) is 35.7 Å². The van der Waals surface area contributed by atoms with Gasteiger partial charge in [0.2, 0.25) is 0 Å². The van der Waals surface area contributed by atoms with Gasteiger partial charge in [-0.05, 0) is 25.0 Å². The maximum Gasteiger partial charge on any atom is 0.410 e. The van der Waals surface area contributed by atoms with Crippen molar-refractivity contribution in [2.45, 2.75) is 62.7 Å². The van der Waals surface area contributed by atoms with E-state index < -0.39 is 40.7 Å². The lowest BCUT2D eigenvalue weighted by atomic mass is 9.26. The summed E-state index contributed by atoms with van der Waals surface area (Å²) in [5.41, 5.74) is -1.11. The quantitative estimate of drug-likeness (QED) is 0.515. The molecule has 1 amide bonds. The summed E-state index contributed by atoms with van der Waals surface area (Å²) < 4.78 is 23.1. The topological polar surface area (TPSA) is 108 Å². The fraction of sp³-hybridized carbons (Fsp3) is 0.565. The molecule has 3 aliphatic carbocycles. The number of piperidine rings is 1. The number of Topliss-reactive ketones (excluding diaryl/α,β-unsaturated/α-hetero) is 1. The van der Waals surface area contributed by atoms with E-state index in [0.717, 1.165) is 11.1 Å². The molecule has 1 unspecified atom stereocenters. The Labute approximate surface area is 183 Å². The summed E-state index contributed by atoms with van der Waals surface area (Å²) in [5, 5.41) is 0. The van der Waals surface area contributed by atoms with Crippen LogP contribution in [0.5, 0.6) is 11.5 Å². The largest absolute Gasteiger partial charge is 0.477 e. The smallest absolute Gasteiger partial charge is 0.410 e. The monoisotopic (exact) mass is 441 g/mol. The predicted molar refractivity (Wildman–Crippen MR) is 106 cm³/mol. The lowest BCUT2D eigenvalue weighted by molar-refractivity contribution is -0.361. The number of nitrogens with zero attached hydrogens (tertiary/aromatic N) is 1. The molecule has 6 rings (SSSR count). The van der Waals surface area contributed by atoms with E-state index in [9.17, 15) is 19.2 Å². The molecule has 0 N–H and O–H groups in total. The summed E-state index contributed by atoms with van der Waals surface area (Å²) in [5.74, 6) is -0.546. The zero-order chi connectivity index (χ0) is 22.6. The molecule has 2 saturated carbocycles.